The third-order valence-corrected chi connectivity index (χ3v) is 16.2. The second-order valence-electron chi connectivity index (χ2n) is 24.3. The second kappa shape index (κ2) is 72.3. The Labute approximate surface area is 511 Å². The van der Waals surface area contributed by atoms with Crippen LogP contribution >= 0.6 is 0 Å². The Hall–Kier alpha value is -2.92. The molecule has 82 heavy (non-hydrogen) atoms. The average Bonchev–Trinajstić information content (AvgIpc) is 3.49. The molecule has 0 saturated carbocycles. The first kappa shape index (κ1) is 79.1. The molecule has 0 aromatic heterocycles. The lowest BCUT2D eigenvalue weighted by atomic mass is 10.0. The van der Waals surface area contributed by atoms with Gasteiger partial charge in [-0.3, -0.25) is 9.59 Å². The minimum atomic E-state index is -0.773. The third kappa shape index (κ3) is 69.6. The van der Waals surface area contributed by atoms with E-state index in [0.29, 0.717) is 12.8 Å². The van der Waals surface area contributed by atoms with Crippen molar-refractivity contribution in [2.24, 2.45) is 0 Å². The molecular formula is C77H138O5. The molecule has 1 N–H and O–H groups in total. The summed E-state index contributed by atoms with van der Waals surface area (Å²) in [5, 5.41) is 9.71. The summed E-state index contributed by atoms with van der Waals surface area (Å²) in [7, 11) is 0. The maximum Gasteiger partial charge on any atom is 0.306 e. The van der Waals surface area contributed by atoms with Crippen LogP contribution in [0.1, 0.15) is 373 Å². The van der Waals surface area contributed by atoms with Crippen molar-refractivity contribution in [3.05, 3.63) is 85.1 Å². The number of aliphatic hydroxyl groups excluding tert-OH is 1. The van der Waals surface area contributed by atoms with Crippen molar-refractivity contribution in [1.29, 1.82) is 0 Å². The van der Waals surface area contributed by atoms with Crippen LogP contribution in [0.15, 0.2) is 85.1 Å². The fraction of sp³-hybridized carbons (Fsp3) is 0.792. The van der Waals surface area contributed by atoms with Crippen molar-refractivity contribution in [2.45, 2.75) is 380 Å². The molecule has 0 radical (unpaired) electrons. The van der Waals surface area contributed by atoms with E-state index in [1.807, 2.05) is 0 Å². The molecule has 5 nitrogen and oxygen atoms in total. The van der Waals surface area contributed by atoms with Gasteiger partial charge in [0.2, 0.25) is 0 Å². The van der Waals surface area contributed by atoms with E-state index in [-0.39, 0.29) is 25.2 Å². The number of aliphatic hydroxyl groups is 1. The van der Waals surface area contributed by atoms with Crippen molar-refractivity contribution >= 4 is 11.9 Å². The molecule has 0 heterocycles. The quantitative estimate of drug-likeness (QED) is 0.0373. The van der Waals surface area contributed by atoms with E-state index in [1.54, 1.807) is 0 Å². The predicted octanol–water partition coefficient (Wildman–Crippen LogP) is 25.2. The van der Waals surface area contributed by atoms with Gasteiger partial charge < -0.3 is 14.6 Å². The van der Waals surface area contributed by atoms with Crippen molar-refractivity contribution in [2.75, 3.05) is 13.2 Å². The Balaban J connectivity index is 3.41. The second-order valence-corrected chi connectivity index (χ2v) is 24.3. The summed E-state index contributed by atoms with van der Waals surface area (Å²) in [6.45, 7) is 4.07. The number of ether oxygens (including phenoxy) is 2. The topological polar surface area (TPSA) is 72.8 Å². The highest BCUT2D eigenvalue weighted by molar-refractivity contribution is 5.70. The zero-order valence-corrected chi connectivity index (χ0v) is 54.8. The molecule has 0 saturated heterocycles. The Kier molecular flexibility index (Phi) is 69.8. The van der Waals surface area contributed by atoms with E-state index in [0.717, 1.165) is 77.0 Å². The molecule has 476 valence electrons. The zero-order valence-electron chi connectivity index (χ0n) is 54.8. The number of carbonyl (C=O) groups excluding carboxylic acids is 2. The lowest BCUT2D eigenvalue weighted by Gasteiger charge is -2.15. The minimum absolute atomic E-state index is 0.0620. The summed E-state index contributed by atoms with van der Waals surface area (Å²) in [5.74, 6) is -0.571. The van der Waals surface area contributed by atoms with Crippen LogP contribution in [0.3, 0.4) is 0 Å². The maximum absolute atomic E-state index is 12.4. The monoisotopic (exact) mass is 1140 g/mol. The lowest BCUT2D eigenvalue weighted by molar-refractivity contribution is -0.161. The largest absolute Gasteiger partial charge is 0.462 e. The van der Waals surface area contributed by atoms with Gasteiger partial charge in [0.1, 0.15) is 6.61 Å². The van der Waals surface area contributed by atoms with E-state index in [1.165, 1.54) is 270 Å². The Morgan fingerprint density at radius 3 is 0.805 bits per heavy atom. The maximum atomic E-state index is 12.4. The molecule has 1 unspecified atom stereocenters. The summed E-state index contributed by atoms with van der Waals surface area (Å²) in [5.41, 5.74) is 0. The molecule has 0 aliphatic heterocycles. The van der Waals surface area contributed by atoms with Gasteiger partial charge in [0, 0.05) is 12.8 Å². The third-order valence-electron chi connectivity index (χ3n) is 16.2. The zero-order chi connectivity index (χ0) is 59.1. The van der Waals surface area contributed by atoms with Crippen molar-refractivity contribution in [1.82, 2.24) is 0 Å². The highest BCUT2D eigenvalue weighted by Gasteiger charge is 2.16. The first-order valence-corrected chi connectivity index (χ1v) is 36.1. The van der Waals surface area contributed by atoms with Crippen LogP contribution in [-0.2, 0) is 19.1 Å². The summed E-state index contributed by atoms with van der Waals surface area (Å²) in [6, 6.07) is 0. The number of unbranched alkanes of at least 4 members (excludes halogenated alkanes) is 45. The Bertz CT molecular complexity index is 1480. The first-order chi connectivity index (χ1) is 40.6. The van der Waals surface area contributed by atoms with Crippen LogP contribution in [0.2, 0.25) is 0 Å². The van der Waals surface area contributed by atoms with Crippen LogP contribution in [0.5, 0.6) is 0 Å². The summed E-state index contributed by atoms with van der Waals surface area (Å²) in [4.78, 5) is 24.7. The number of carbonyl (C=O) groups is 2. The molecule has 0 amide bonds. The van der Waals surface area contributed by atoms with Crippen LogP contribution in [0.25, 0.3) is 0 Å². The summed E-state index contributed by atoms with van der Waals surface area (Å²) < 4.78 is 10.8. The standard InChI is InChI=1S/C77H138O5/c1-3-5-7-9-11-13-15-17-19-21-23-25-27-29-31-32-33-34-35-36-37-38-39-40-41-42-43-44-46-48-50-52-54-56-58-60-62-64-66-68-70-72-77(80)82-75(73-78)74-81-76(79)71-69-67-65-63-61-59-57-55-53-51-49-47-45-30-28-26-24-22-20-18-16-14-12-10-8-6-4-2/h5,7,11,13,17,19,22-25,29,31,33-34,75,78H,3-4,6,8-10,12,14-16,18,20-21,26-28,30,32,35-74H2,1-2H3/b7-5-,13-11-,19-17-,24-22-,25-23-,31-29-,34-33-. The number of rotatable bonds is 67. The Morgan fingerprint density at radius 2 is 0.524 bits per heavy atom. The molecule has 0 aliphatic rings. The van der Waals surface area contributed by atoms with Gasteiger partial charge in [-0.1, -0.05) is 356 Å². The van der Waals surface area contributed by atoms with E-state index >= 15 is 0 Å². The van der Waals surface area contributed by atoms with Crippen molar-refractivity contribution < 1.29 is 24.2 Å². The van der Waals surface area contributed by atoms with Gasteiger partial charge >= 0.3 is 11.9 Å². The fourth-order valence-corrected chi connectivity index (χ4v) is 10.8. The molecular weight excluding hydrogens is 1000 g/mol. The highest BCUT2D eigenvalue weighted by atomic mass is 16.6. The normalized spacial score (nSPS) is 12.7. The van der Waals surface area contributed by atoms with Gasteiger partial charge in [0.15, 0.2) is 6.10 Å². The van der Waals surface area contributed by atoms with Crippen molar-refractivity contribution in [3.63, 3.8) is 0 Å². The number of allylic oxidation sites excluding steroid dienone is 14. The van der Waals surface area contributed by atoms with E-state index < -0.39 is 6.10 Å². The molecule has 0 bridgehead atoms. The lowest BCUT2D eigenvalue weighted by Crippen LogP contribution is -2.28. The highest BCUT2D eigenvalue weighted by Crippen LogP contribution is 2.18. The van der Waals surface area contributed by atoms with Gasteiger partial charge in [-0.25, -0.2) is 0 Å². The number of hydrogen-bond acceptors (Lipinski definition) is 5. The first-order valence-electron chi connectivity index (χ1n) is 36.1. The van der Waals surface area contributed by atoms with Crippen molar-refractivity contribution in [3.8, 4) is 0 Å². The molecule has 0 aromatic rings. The van der Waals surface area contributed by atoms with E-state index in [4.69, 9.17) is 9.47 Å². The smallest absolute Gasteiger partial charge is 0.306 e. The number of hydrogen-bond donors (Lipinski definition) is 1. The molecule has 1 atom stereocenters. The minimum Gasteiger partial charge on any atom is -0.462 e. The van der Waals surface area contributed by atoms with Crippen LogP contribution in [0.4, 0.5) is 0 Å². The molecule has 5 heteroatoms. The van der Waals surface area contributed by atoms with Gasteiger partial charge in [-0.2, -0.15) is 0 Å². The van der Waals surface area contributed by atoms with Crippen LogP contribution in [-0.4, -0.2) is 36.4 Å². The number of esters is 2. The molecule has 0 aliphatic carbocycles. The van der Waals surface area contributed by atoms with Gasteiger partial charge in [-0.15, -0.1) is 0 Å². The van der Waals surface area contributed by atoms with Gasteiger partial charge in [0.05, 0.1) is 6.61 Å². The molecule has 0 rings (SSSR count). The fourth-order valence-electron chi connectivity index (χ4n) is 10.8. The SMILES string of the molecule is CC/C=C\C/C=C\C/C=C\C/C=C\C/C=C\C/C=C\CCCCCCCCCCCCCCCCCCCCCCCCC(=O)OC(CO)COC(=O)CCCCCCCCCCCCCCCCC/C=C\CCCCCCCCCC. The van der Waals surface area contributed by atoms with Gasteiger partial charge in [0.25, 0.3) is 0 Å². The molecule has 0 spiro atoms. The predicted molar refractivity (Wildman–Crippen MR) is 362 cm³/mol. The van der Waals surface area contributed by atoms with E-state index in [2.05, 4.69) is 98.9 Å². The summed E-state index contributed by atoms with van der Waals surface area (Å²) in [6.07, 6.45) is 102. The average molecular weight is 1140 g/mol. The van der Waals surface area contributed by atoms with Gasteiger partial charge in [-0.05, 0) is 89.9 Å². The summed E-state index contributed by atoms with van der Waals surface area (Å²) >= 11 is 0. The van der Waals surface area contributed by atoms with Crippen LogP contribution in [0, 0.1) is 0 Å². The van der Waals surface area contributed by atoms with Crippen LogP contribution < -0.4 is 0 Å². The van der Waals surface area contributed by atoms with E-state index in [9.17, 15) is 14.7 Å². The molecule has 0 fully saturated rings. The molecule has 0 aromatic carbocycles. The Morgan fingerprint density at radius 1 is 0.293 bits per heavy atom.